The van der Waals surface area contributed by atoms with Crippen LogP contribution in [0.15, 0.2) is 52.6 Å². The molecule has 0 bridgehead atoms. The quantitative estimate of drug-likeness (QED) is 0.267. The summed E-state index contributed by atoms with van der Waals surface area (Å²) in [5.74, 6) is 0.313. The van der Waals surface area contributed by atoms with Crippen LogP contribution in [0.5, 0.6) is 5.75 Å². The van der Waals surface area contributed by atoms with Crippen LogP contribution in [0.3, 0.4) is 0 Å². The summed E-state index contributed by atoms with van der Waals surface area (Å²) in [5, 5.41) is 14.5. The number of amides is 1. The Labute approximate surface area is 192 Å². The van der Waals surface area contributed by atoms with Gasteiger partial charge in [-0.15, -0.1) is 11.3 Å². The Balaban J connectivity index is 1.83. The molecule has 0 aliphatic heterocycles. The topological polar surface area (TPSA) is 118 Å². The van der Waals surface area contributed by atoms with Crippen molar-refractivity contribution < 1.29 is 24.2 Å². The Hall–Kier alpha value is -3.85. The van der Waals surface area contributed by atoms with Crippen molar-refractivity contribution in [3.05, 3.63) is 63.8 Å². The predicted molar refractivity (Wildman–Crippen MR) is 127 cm³/mol. The molecule has 4 aromatic rings. The van der Waals surface area contributed by atoms with Crippen molar-refractivity contribution in [3.8, 4) is 16.9 Å². The first-order valence-corrected chi connectivity index (χ1v) is 11.2. The van der Waals surface area contributed by atoms with Crippen molar-refractivity contribution in [2.75, 3.05) is 6.54 Å². The number of benzene rings is 2. The predicted octanol–water partition coefficient (Wildman–Crippen LogP) is 5.14. The van der Waals surface area contributed by atoms with Gasteiger partial charge < -0.3 is 24.9 Å². The molecule has 0 saturated carbocycles. The van der Waals surface area contributed by atoms with Gasteiger partial charge in [-0.2, -0.15) is 0 Å². The highest BCUT2D eigenvalue weighted by molar-refractivity contribution is 7.17. The Morgan fingerprint density at radius 2 is 1.88 bits per heavy atom. The molecule has 8 nitrogen and oxygen atoms in total. The fourth-order valence-electron chi connectivity index (χ4n) is 3.66. The van der Waals surface area contributed by atoms with Gasteiger partial charge in [-0.05, 0) is 55.0 Å². The van der Waals surface area contributed by atoms with Crippen LogP contribution in [-0.2, 0) is 11.2 Å². The number of aromatic nitrogens is 1. The molecule has 0 atom stereocenters. The molecule has 4 rings (SSSR count). The normalized spacial score (nSPS) is 11.1. The first kappa shape index (κ1) is 22.3. The molecular formula is C24H22N2O6S. The van der Waals surface area contributed by atoms with Crippen LogP contribution >= 0.6 is 11.3 Å². The van der Waals surface area contributed by atoms with Crippen LogP contribution in [0.4, 0.5) is 9.59 Å². The van der Waals surface area contributed by atoms with Crippen molar-refractivity contribution in [2.24, 2.45) is 0 Å². The van der Waals surface area contributed by atoms with Gasteiger partial charge in [0.2, 0.25) is 0 Å². The summed E-state index contributed by atoms with van der Waals surface area (Å²) in [6, 6.07) is 12.8. The lowest BCUT2D eigenvalue weighted by atomic mass is 9.96. The average molecular weight is 467 g/mol. The molecule has 2 heterocycles. The van der Waals surface area contributed by atoms with Gasteiger partial charge in [0.05, 0.1) is 6.10 Å². The number of nitrogens with one attached hydrogen (secondary N) is 2. The van der Waals surface area contributed by atoms with Crippen LogP contribution in [0.2, 0.25) is 0 Å². The van der Waals surface area contributed by atoms with Crippen molar-refractivity contribution >= 4 is 44.6 Å². The van der Waals surface area contributed by atoms with Crippen LogP contribution in [-0.4, -0.2) is 35.0 Å². The van der Waals surface area contributed by atoms with E-state index >= 15 is 0 Å². The van der Waals surface area contributed by atoms with E-state index in [1.54, 1.807) is 26.0 Å². The first-order valence-electron chi connectivity index (χ1n) is 10.3. The van der Waals surface area contributed by atoms with Crippen molar-refractivity contribution in [1.82, 2.24) is 10.3 Å². The average Bonchev–Trinajstić information content (AvgIpc) is 3.24. The van der Waals surface area contributed by atoms with Crippen molar-refractivity contribution in [2.45, 2.75) is 26.4 Å². The fourth-order valence-corrected chi connectivity index (χ4v) is 4.45. The molecule has 3 N–H and O–H groups in total. The Bertz CT molecular complexity index is 1390. The van der Waals surface area contributed by atoms with Gasteiger partial charge in [-0.1, -0.05) is 24.3 Å². The minimum atomic E-state index is -1.06. The second kappa shape index (κ2) is 9.33. The van der Waals surface area contributed by atoms with E-state index in [1.807, 2.05) is 35.7 Å². The van der Waals surface area contributed by atoms with Gasteiger partial charge in [-0.3, -0.25) is 4.79 Å². The summed E-state index contributed by atoms with van der Waals surface area (Å²) in [6.45, 7) is 3.77. The second-order valence-corrected chi connectivity index (χ2v) is 8.59. The maximum atomic E-state index is 12.5. The minimum absolute atomic E-state index is 0.174. The standard InChI is InChI=1S/C24H22N2O6S/c1-13(2)31-24(30)32-18-8-7-17-20(16-10-12-33-21(16)22(27)26-17)19(18)15-5-3-14(4-6-15)9-11-25-23(28)29/h3-8,10,12-13,25H,9,11H2,1-2H3,(H,26,27)(H,28,29). The monoisotopic (exact) mass is 466 g/mol. The van der Waals surface area contributed by atoms with Crippen molar-refractivity contribution in [3.63, 3.8) is 0 Å². The van der Waals surface area contributed by atoms with E-state index in [9.17, 15) is 14.4 Å². The third-order valence-electron chi connectivity index (χ3n) is 5.01. The van der Waals surface area contributed by atoms with Crippen LogP contribution in [0.25, 0.3) is 32.1 Å². The Morgan fingerprint density at radius 1 is 1.12 bits per heavy atom. The molecular weight excluding hydrogens is 444 g/mol. The molecule has 0 radical (unpaired) electrons. The summed E-state index contributed by atoms with van der Waals surface area (Å²) in [4.78, 5) is 38.3. The van der Waals surface area contributed by atoms with Crippen molar-refractivity contribution in [1.29, 1.82) is 0 Å². The number of aromatic amines is 1. The molecule has 2 aromatic carbocycles. The number of hydrogen-bond acceptors (Lipinski definition) is 6. The van der Waals surface area contributed by atoms with Crippen LogP contribution in [0, 0.1) is 0 Å². The summed E-state index contributed by atoms with van der Waals surface area (Å²) < 4.78 is 11.3. The van der Waals surface area contributed by atoms with E-state index in [0.717, 1.165) is 21.9 Å². The number of rotatable bonds is 6. The van der Waals surface area contributed by atoms with Gasteiger partial charge in [0.1, 0.15) is 10.4 Å². The molecule has 0 aliphatic carbocycles. The smallest absolute Gasteiger partial charge is 0.465 e. The van der Waals surface area contributed by atoms with E-state index in [4.69, 9.17) is 14.6 Å². The molecule has 0 saturated heterocycles. The second-order valence-electron chi connectivity index (χ2n) is 7.68. The fraction of sp³-hybridized carbons (Fsp3) is 0.208. The van der Waals surface area contributed by atoms with Gasteiger partial charge in [0.25, 0.3) is 5.56 Å². The van der Waals surface area contributed by atoms with Gasteiger partial charge >= 0.3 is 12.2 Å². The zero-order valence-corrected chi connectivity index (χ0v) is 18.8. The highest BCUT2D eigenvalue weighted by Crippen LogP contribution is 2.40. The van der Waals surface area contributed by atoms with Crippen LogP contribution < -0.4 is 15.6 Å². The lowest BCUT2D eigenvalue weighted by Gasteiger charge is -2.15. The van der Waals surface area contributed by atoms with E-state index in [0.29, 0.717) is 34.5 Å². The summed E-state index contributed by atoms with van der Waals surface area (Å²) in [5.41, 5.74) is 2.84. The third kappa shape index (κ3) is 4.83. The maximum Gasteiger partial charge on any atom is 0.514 e. The number of thiophene rings is 1. The molecule has 0 spiro atoms. The van der Waals surface area contributed by atoms with Crippen LogP contribution in [0.1, 0.15) is 19.4 Å². The summed E-state index contributed by atoms with van der Waals surface area (Å²) >= 11 is 1.34. The summed E-state index contributed by atoms with van der Waals surface area (Å²) in [6.07, 6.45) is -1.67. The zero-order chi connectivity index (χ0) is 23.5. The van der Waals surface area contributed by atoms with Gasteiger partial charge in [-0.25, -0.2) is 9.59 Å². The lowest BCUT2D eigenvalue weighted by molar-refractivity contribution is 0.0731. The summed E-state index contributed by atoms with van der Waals surface area (Å²) in [7, 11) is 0. The van der Waals surface area contributed by atoms with E-state index < -0.39 is 12.2 Å². The highest BCUT2D eigenvalue weighted by atomic mass is 32.1. The number of pyridine rings is 1. The Morgan fingerprint density at radius 3 is 2.58 bits per heavy atom. The third-order valence-corrected chi connectivity index (χ3v) is 5.93. The number of ether oxygens (including phenoxy) is 2. The largest absolute Gasteiger partial charge is 0.514 e. The molecule has 0 fully saturated rings. The minimum Gasteiger partial charge on any atom is -0.465 e. The molecule has 1 amide bonds. The molecule has 0 aliphatic rings. The molecule has 33 heavy (non-hydrogen) atoms. The van der Waals surface area contributed by atoms with E-state index in [1.165, 1.54) is 11.3 Å². The molecule has 9 heteroatoms. The maximum absolute atomic E-state index is 12.5. The SMILES string of the molecule is CC(C)OC(=O)Oc1ccc2[nH]c(=O)c3sccc3c2c1-c1ccc(CCNC(=O)O)cc1. The number of carboxylic acid groups (broad SMARTS) is 1. The Kier molecular flexibility index (Phi) is 6.32. The van der Waals surface area contributed by atoms with Gasteiger partial charge in [0.15, 0.2) is 0 Å². The number of H-pyrrole nitrogens is 1. The molecule has 170 valence electrons. The lowest BCUT2D eigenvalue weighted by Crippen LogP contribution is -2.23. The number of carbonyl (C=O) groups is 2. The highest BCUT2D eigenvalue weighted by Gasteiger charge is 2.19. The molecule has 2 aromatic heterocycles. The zero-order valence-electron chi connectivity index (χ0n) is 18.0. The van der Waals surface area contributed by atoms with E-state index in [-0.39, 0.29) is 11.7 Å². The first-order chi connectivity index (χ1) is 15.8. The number of fused-ring (bicyclic) bond motifs is 3. The number of carbonyl (C=O) groups excluding carboxylic acids is 1. The van der Waals surface area contributed by atoms with Gasteiger partial charge in [0, 0.05) is 28.4 Å². The van der Waals surface area contributed by atoms with E-state index in [2.05, 4.69) is 10.3 Å². The molecule has 0 unspecified atom stereocenters. The number of hydrogen-bond donors (Lipinski definition) is 3.